The lowest BCUT2D eigenvalue weighted by Crippen LogP contribution is -2.55. The monoisotopic (exact) mass is 387 g/mol. The largest absolute Gasteiger partial charge is 0.449 e. The molecule has 4 aliphatic rings. The van der Waals surface area contributed by atoms with E-state index in [0.29, 0.717) is 12.2 Å². The molecule has 10 heteroatoms. The lowest BCUT2D eigenvalue weighted by Gasteiger charge is -2.39. The summed E-state index contributed by atoms with van der Waals surface area (Å²) in [6.45, 7) is 2.14. The van der Waals surface area contributed by atoms with Crippen molar-refractivity contribution in [1.29, 1.82) is 5.26 Å². The zero-order chi connectivity index (χ0) is 20.2. The SMILES string of the molecule is COC12C(COC(N)=O)C3=C(C(=O)C(C)C(=NCCC#N)C3=O)N1CC1NC12. The summed E-state index contributed by atoms with van der Waals surface area (Å²) in [5.41, 5.74) is 4.87. The fourth-order valence-corrected chi connectivity index (χ4v) is 4.81. The van der Waals surface area contributed by atoms with Crippen molar-refractivity contribution in [3.8, 4) is 6.07 Å². The van der Waals surface area contributed by atoms with Crippen LogP contribution in [0.3, 0.4) is 0 Å². The highest BCUT2D eigenvalue weighted by Gasteiger charge is 2.73. The summed E-state index contributed by atoms with van der Waals surface area (Å²) in [7, 11) is 1.52. The van der Waals surface area contributed by atoms with Gasteiger partial charge in [-0.3, -0.25) is 14.6 Å². The number of rotatable bonds is 5. The third kappa shape index (κ3) is 2.33. The third-order valence-electron chi connectivity index (χ3n) is 6.05. The van der Waals surface area contributed by atoms with Gasteiger partial charge in [0.25, 0.3) is 0 Å². The molecular formula is C18H21N5O5. The van der Waals surface area contributed by atoms with Crippen molar-refractivity contribution in [3.05, 3.63) is 11.3 Å². The minimum atomic E-state index is -0.988. The number of Topliss-reactive ketones (excluding diaryl/α,β-unsaturated/α-hetero) is 2. The van der Waals surface area contributed by atoms with E-state index in [1.807, 2.05) is 11.0 Å². The number of allylic oxidation sites excluding steroid dienone is 1. The van der Waals surface area contributed by atoms with Crippen LogP contribution in [-0.4, -0.2) is 72.9 Å². The molecule has 1 amide bonds. The average molecular weight is 387 g/mol. The number of piperazine rings is 1. The summed E-state index contributed by atoms with van der Waals surface area (Å²) in [5.74, 6) is -1.95. The van der Waals surface area contributed by atoms with Gasteiger partial charge < -0.3 is 25.4 Å². The van der Waals surface area contributed by atoms with Crippen LogP contribution in [0.25, 0.3) is 0 Å². The lowest BCUT2D eigenvalue weighted by molar-refractivity contribution is -0.138. The van der Waals surface area contributed by atoms with Gasteiger partial charge in [0.15, 0.2) is 11.5 Å². The topological polar surface area (TPSA) is 157 Å². The van der Waals surface area contributed by atoms with Gasteiger partial charge in [-0.1, -0.05) is 0 Å². The molecule has 0 aromatic carbocycles. The Morgan fingerprint density at radius 2 is 2.25 bits per heavy atom. The van der Waals surface area contributed by atoms with Gasteiger partial charge in [0.1, 0.15) is 6.61 Å². The van der Waals surface area contributed by atoms with Crippen molar-refractivity contribution in [1.82, 2.24) is 10.2 Å². The number of hydrogen-bond acceptors (Lipinski definition) is 9. The molecule has 5 atom stereocenters. The second kappa shape index (κ2) is 6.39. The number of methoxy groups -OCH3 is 1. The third-order valence-corrected chi connectivity index (χ3v) is 6.05. The molecule has 3 aliphatic heterocycles. The van der Waals surface area contributed by atoms with E-state index in [2.05, 4.69) is 10.3 Å². The molecular weight excluding hydrogens is 366 g/mol. The fraction of sp³-hybridized carbons (Fsp3) is 0.611. The molecule has 1 aliphatic carbocycles. The molecule has 0 saturated carbocycles. The predicted octanol–water partition coefficient (Wildman–Crippen LogP) is -0.893. The maximum atomic E-state index is 13.3. The number of primary amides is 1. The number of nitrogens with one attached hydrogen (secondary N) is 1. The molecule has 2 saturated heterocycles. The maximum absolute atomic E-state index is 13.3. The number of nitrogens with two attached hydrogens (primary N) is 1. The molecule has 2 fully saturated rings. The Labute approximate surface area is 161 Å². The Morgan fingerprint density at radius 3 is 2.89 bits per heavy atom. The molecule has 10 nitrogen and oxygen atoms in total. The summed E-state index contributed by atoms with van der Waals surface area (Å²) in [5, 5.41) is 12.0. The standard InChI is InChI=1S/C18H21N5O5/c1-8-12(21-5-3-4-19)15(25)11-9(7-28-17(20)26)18(27-2)16-10(22-16)6-23(18)13(11)14(8)24/h8-10,16,22H,3,5-7H2,1-2H3,(H2,20,26). The van der Waals surface area contributed by atoms with Gasteiger partial charge in [0, 0.05) is 25.3 Å². The van der Waals surface area contributed by atoms with Crippen LogP contribution in [-0.2, 0) is 19.1 Å². The smallest absolute Gasteiger partial charge is 0.404 e. The van der Waals surface area contributed by atoms with E-state index >= 15 is 0 Å². The molecule has 4 rings (SSSR count). The van der Waals surface area contributed by atoms with E-state index in [1.54, 1.807) is 6.92 Å². The molecule has 28 heavy (non-hydrogen) atoms. The maximum Gasteiger partial charge on any atom is 0.404 e. The minimum Gasteiger partial charge on any atom is -0.449 e. The number of hydrogen-bond donors (Lipinski definition) is 2. The van der Waals surface area contributed by atoms with Crippen molar-refractivity contribution < 1.29 is 23.9 Å². The molecule has 0 spiro atoms. The lowest BCUT2D eigenvalue weighted by atomic mass is 9.78. The first kappa shape index (κ1) is 18.6. The average Bonchev–Trinajstić information content (AvgIpc) is 3.27. The quantitative estimate of drug-likeness (QED) is 0.454. The van der Waals surface area contributed by atoms with Crippen molar-refractivity contribution >= 4 is 23.4 Å². The van der Waals surface area contributed by atoms with Crippen molar-refractivity contribution in [2.24, 2.45) is 22.6 Å². The second-order valence-corrected chi connectivity index (χ2v) is 7.35. The Bertz CT molecular complexity index is 874. The minimum absolute atomic E-state index is 0.0838. The van der Waals surface area contributed by atoms with Crippen molar-refractivity contribution in [3.63, 3.8) is 0 Å². The first-order valence-corrected chi connectivity index (χ1v) is 9.13. The van der Waals surface area contributed by atoms with Gasteiger partial charge >= 0.3 is 6.09 Å². The number of carbonyl (C=O) groups excluding carboxylic acids is 3. The van der Waals surface area contributed by atoms with E-state index in [4.69, 9.17) is 20.5 Å². The molecule has 0 radical (unpaired) electrons. The van der Waals surface area contributed by atoms with Gasteiger partial charge in [-0.2, -0.15) is 5.26 Å². The van der Waals surface area contributed by atoms with E-state index in [9.17, 15) is 14.4 Å². The van der Waals surface area contributed by atoms with Crippen LogP contribution in [0.1, 0.15) is 13.3 Å². The van der Waals surface area contributed by atoms with E-state index in [-0.39, 0.29) is 54.5 Å². The predicted molar refractivity (Wildman–Crippen MR) is 94.9 cm³/mol. The van der Waals surface area contributed by atoms with E-state index < -0.39 is 23.7 Å². The van der Waals surface area contributed by atoms with Crippen LogP contribution < -0.4 is 11.1 Å². The number of aliphatic imine (C=N–C) groups is 1. The zero-order valence-corrected chi connectivity index (χ0v) is 15.6. The molecule has 5 unspecified atom stereocenters. The number of fused-ring (bicyclic) bond motifs is 4. The van der Waals surface area contributed by atoms with E-state index in [1.165, 1.54) is 7.11 Å². The normalized spacial score (nSPS) is 36.9. The first-order valence-electron chi connectivity index (χ1n) is 9.13. The van der Waals surface area contributed by atoms with Gasteiger partial charge in [0.05, 0.1) is 48.3 Å². The summed E-state index contributed by atoms with van der Waals surface area (Å²) >= 11 is 0. The zero-order valence-electron chi connectivity index (χ0n) is 15.6. The van der Waals surface area contributed by atoms with Crippen molar-refractivity contribution in [2.45, 2.75) is 31.2 Å². The number of carbonyl (C=O) groups is 3. The summed E-state index contributed by atoms with van der Waals surface area (Å²) in [6.07, 6.45) is -0.810. The van der Waals surface area contributed by atoms with Crippen molar-refractivity contribution in [2.75, 3.05) is 26.8 Å². The Morgan fingerprint density at radius 1 is 1.50 bits per heavy atom. The molecule has 0 aromatic rings. The van der Waals surface area contributed by atoms with Gasteiger partial charge in [0.2, 0.25) is 5.78 Å². The number of ketones is 2. The first-order chi connectivity index (χ1) is 13.4. The molecule has 0 bridgehead atoms. The van der Waals surface area contributed by atoms with Crippen LogP contribution in [0, 0.1) is 23.2 Å². The molecule has 3 heterocycles. The molecule has 3 N–H and O–H groups in total. The van der Waals surface area contributed by atoms with Crippen LogP contribution in [0.15, 0.2) is 16.3 Å². The summed E-state index contributed by atoms with van der Waals surface area (Å²) < 4.78 is 10.9. The highest BCUT2D eigenvalue weighted by molar-refractivity contribution is 6.53. The van der Waals surface area contributed by atoms with Crippen LogP contribution in [0.2, 0.25) is 0 Å². The number of nitriles is 1. The van der Waals surface area contributed by atoms with Crippen LogP contribution in [0.4, 0.5) is 4.79 Å². The molecule has 148 valence electrons. The highest BCUT2D eigenvalue weighted by Crippen LogP contribution is 2.55. The van der Waals surface area contributed by atoms with Gasteiger partial charge in [-0.25, -0.2) is 4.79 Å². The summed E-state index contributed by atoms with van der Waals surface area (Å²) in [6, 6.07) is 2.04. The number of ether oxygens (including phenoxy) is 2. The van der Waals surface area contributed by atoms with E-state index in [0.717, 1.165) is 0 Å². The fourth-order valence-electron chi connectivity index (χ4n) is 4.81. The van der Waals surface area contributed by atoms with Crippen LogP contribution >= 0.6 is 0 Å². The highest BCUT2D eigenvalue weighted by atomic mass is 16.6. The second-order valence-electron chi connectivity index (χ2n) is 7.35. The van der Waals surface area contributed by atoms with Gasteiger partial charge in [-0.15, -0.1) is 0 Å². The Balaban J connectivity index is 1.80. The Hall–Kier alpha value is -2.77. The molecule has 0 aromatic heterocycles. The van der Waals surface area contributed by atoms with Crippen LogP contribution in [0.5, 0.6) is 0 Å². The Kier molecular flexibility index (Phi) is 4.24. The van der Waals surface area contributed by atoms with Gasteiger partial charge in [-0.05, 0) is 6.92 Å². The number of amides is 1. The summed E-state index contributed by atoms with van der Waals surface area (Å²) in [4.78, 5) is 43.8. The number of nitrogens with zero attached hydrogens (tertiary/aromatic N) is 3.